The van der Waals surface area contributed by atoms with Crippen molar-refractivity contribution in [1.82, 2.24) is 15.1 Å². The average Bonchev–Trinajstić information content (AvgIpc) is 2.80. The highest BCUT2D eigenvalue weighted by Gasteiger charge is 2.23. The summed E-state index contributed by atoms with van der Waals surface area (Å²) in [6.07, 6.45) is 1.22. The maximum absolute atomic E-state index is 5.80. The van der Waals surface area contributed by atoms with E-state index in [0.29, 0.717) is 6.04 Å². The summed E-state index contributed by atoms with van der Waals surface area (Å²) in [4.78, 5) is 4.96. The van der Waals surface area contributed by atoms with Gasteiger partial charge in [0.1, 0.15) is 11.5 Å². The molecule has 0 bridgehead atoms. The van der Waals surface area contributed by atoms with Crippen LogP contribution in [0.2, 0.25) is 0 Å². The van der Waals surface area contributed by atoms with E-state index in [0.717, 1.165) is 44.2 Å². The summed E-state index contributed by atoms with van der Waals surface area (Å²) in [7, 11) is 4.16. The van der Waals surface area contributed by atoms with Gasteiger partial charge in [0, 0.05) is 25.7 Å². The maximum atomic E-state index is 5.80. The van der Waals surface area contributed by atoms with E-state index in [1.54, 1.807) is 0 Å². The first kappa shape index (κ1) is 13.6. The standard InChI is InChI=1S/C14H25N3O/c1-4-12-10-17(8-7-16(12)3)11-14-6-5-13(18-14)9-15-2/h5-6,12,15H,4,7-11H2,1-3H3. The van der Waals surface area contributed by atoms with E-state index in [-0.39, 0.29) is 0 Å². The Labute approximate surface area is 110 Å². The summed E-state index contributed by atoms with van der Waals surface area (Å²) in [6, 6.07) is 4.86. The summed E-state index contributed by atoms with van der Waals surface area (Å²) in [5, 5.41) is 3.11. The highest BCUT2D eigenvalue weighted by Crippen LogP contribution is 2.15. The zero-order valence-electron chi connectivity index (χ0n) is 11.8. The van der Waals surface area contributed by atoms with Crippen molar-refractivity contribution in [2.75, 3.05) is 33.7 Å². The zero-order chi connectivity index (χ0) is 13.0. The molecule has 102 valence electrons. The molecule has 1 aliphatic rings. The molecular formula is C14H25N3O. The number of hydrogen-bond acceptors (Lipinski definition) is 4. The average molecular weight is 251 g/mol. The third-order valence-electron chi connectivity index (χ3n) is 3.78. The van der Waals surface area contributed by atoms with Gasteiger partial charge >= 0.3 is 0 Å². The minimum atomic E-state index is 0.686. The van der Waals surface area contributed by atoms with Gasteiger partial charge in [-0.05, 0) is 32.6 Å². The van der Waals surface area contributed by atoms with Gasteiger partial charge in [0.15, 0.2) is 0 Å². The molecule has 1 unspecified atom stereocenters. The molecule has 4 nitrogen and oxygen atoms in total. The Hall–Kier alpha value is -0.840. The van der Waals surface area contributed by atoms with Gasteiger partial charge in [0.25, 0.3) is 0 Å². The molecule has 1 aromatic rings. The summed E-state index contributed by atoms with van der Waals surface area (Å²) < 4.78 is 5.80. The second-order valence-corrected chi connectivity index (χ2v) is 5.18. The Bertz CT molecular complexity index is 364. The number of likely N-dealkylation sites (N-methyl/N-ethyl adjacent to an activating group) is 1. The lowest BCUT2D eigenvalue weighted by Gasteiger charge is -2.38. The van der Waals surface area contributed by atoms with Crippen molar-refractivity contribution in [1.29, 1.82) is 0 Å². The number of nitrogens with one attached hydrogen (secondary N) is 1. The highest BCUT2D eigenvalue weighted by molar-refractivity contribution is 5.07. The molecular weight excluding hydrogens is 226 g/mol. The summed E-state index contributed by atoms with van der Waals surface area (Å²) in [5.41, 5.74) is 0. The lowest BCUT2D eigenvalue weighted by molar-refractivity contribution is 0.0832. The van der Waals surface area contributed by atoms with E-state index in [1.807, 2.05) is 7.05 Å². The normalized spacial score (nSPS) is 22.5. The Balaban J connectivity index is 1.88. The van der Waals surface area contributed by atoms with Crippen molar-refractivity contribution in [3.63, 3.8) is 0 Å². The van der Waals surface area contributed by atoms with Crippen LogP contribution in [0.15, 0.2) is 16.5 Å². The number of rotatable bonds is 5. The van der Waals surface area contributed by atoms with Crippen molar-refractivity contribution in [2.24, 2.45) is 0 Å². The van der Waals surface area contributed by atoms with Crippen LogP contribution in [0, 0.1) is 0 Å². The van der Waals surface area contributed by atoms with Crippen molar-refractivity contribution in [2.45, 2.75) is 32.5 Å². The van der Waals surface area contributed by atoms with Gasteiger partial charge in [-0.2, -0.15) is 0 Å². The zero-order valence-corrected chi connectivity index (χ0v) is 11.8. The van der Waals surface area contributed by atoms with E-state index >= 15 is 0 Å². The molecule has 0 aromatic carbocycles. The molecule has 1 atom stereocenters. The van der Waals surface area contributed by atoms with Crippen LogP contribution in [-0.2, 0) is 13.1 Å². The first-order valence-electron chi connectivity index (χ1n) is 6.87. The molecule has 4 heteroatoms. The first-order valence-corrected chi connectivity index (χ1v) is 6.87. The van der Waals surface area contributed by atoms with Crippen molar-refractivity contribution in [3.05, 3.63) is 23.7 Å². The maximum Gasteiger partial charge on any atom is 0.118 e. The van der Waals surface area contributed by atoms with Gasteiger partial charge in [-0.25, -0.2) is 0 Å². The number of piperazine rings is 1. The Kier molecular flexibility index (Phi) is 4.80. The minimum absolute atomic E-state index is 0.686. The Morgan fingerprint density at radius 2 is 2.11 bits per heavy atom. The summed E-state index contributed by atoms with van der Waals surface area (Å²) >= 11 is 0. The monoisotopic (exact) mass is 251 g/mol. The van der Waals surface area contributed by atoms with E-state index in [2.05, 4.69) is 41.2 Å². The molecule has 2 rings (SSSR count). The molecule has 0 aliphatic carbocycles. The molecule has 1 saturated heterocycles. The molecule has 2 heterocycles. The SMILES string of the molecule is CCC1CN(Cc2ccc(CNC)o2)CCN1C. The molecule has 1 N–H and O–H groups in total. The van der Waals surface area contributed by atoms with Gasteiger partial charge < -0.3 is 14.6 Å². The summed E-state index contributed by atoms with van der Waals surface area (Å²) in [5.74, 6) is 2.10. The number of furan rings is 1. The Morgan fingerprint density at radius 1 is 1.33 bits per heavy atom. The van der Waals surface area contributed by atoms with Crippen LogP contribution < -0.4 is 5.32 Å². The number of hydrogen-bond donors (Lipinski definition) is 1. The van der Waals surface area contributed by atoms with Crippen LogP contribution in [0.1, 0.15) is 24.9 Å². The molecule has 0 amide bonds. The predicted molar refractivity (Wildman–Crippen MR) is 73.5 cm³/mol. The fourth-order valence-electron chi connectivity index (χ4n) is 2.59. The van der Waals surface area contributed by atoms with E-state index in [1.165, 1.54) is 6.42 Å². The fourth-order valence-corrected chi connectivity index (χ4v) is 2.59. The van der Waals surface area contributed by atoms with E-state index < -0.39 is 0 Å². The van der Waals surface area contributed by atoms with Gasteiger partial charge in [0.2, 0.25) is 0 Å². The molecule has 0 saturated carbocycles. The molecule has 1 fully saturated rings. The smallest absolute Gasteiger partial charge is 0.118 e. The van der Waals surface area contributed by atoms with Crippen LogP contribution >= 0.6 is 0 Å². The molecule has 0 spiro atoms. The third kappa shape index (κ3) is 3.34. The van der Waals surface area contributed by atoms with E-state index in [4.69, 9.17) is 4.42 Å². The van der Waals surface area contributed by atoms with Crippen molar-refractivity contribution < 1.29 is 4.42 Å². The second-order valence-electron chi connectivity index (χ2n) is 5.18. The minimum Gasteiger partial charge on any atom is -0.463 e. The second kappa shape index (κ2) is 6.36. The van der Waals surface area contributed by atoms with Gasteiger partial charge in [-0.3, -0.25) is 4.90 Å². The van der Waals surface area contributed by atoms with Crippen LogP contribution in [-0.4, -0.2) is 49.6 Å². The fraction of sp³-hybridized carbons (Fsp3) is 0.714. The van der Waals surface area contributed by atoms with Crippen LogP contribution in [0.4, 0.5) is 0 Å². The van der Waals surface area contributed by atoms with Crippen LogP contribution in [0.3, 0.4) is 0 Å². The molecule has 0 radical (unpaired) electrons. The summed E-state index contributed by atoms with van der Waals surface area (Å²) in [6.45, 7) is 7.45. The largest absolute Gasteiger partial charge is 0.463 e. The molecule has 1 aliphatic heterocycles. The first-order chi connectivity index (χ1) is 8.72. The van der Waals surface area contributed by atoms with Gasteiger partial charge in [-0.15, -0.1) is 0 Å². The topological polar surface area (TPSA) is 31.6 Å². The van der Waals surface area contributed by atoms with Crippen LogP contribution in [0.5, 0.6) is 0 Å². The molecule has 18 heavy (non-hydrogen) atoms. The van der Waals surface area contributed by atoms with Gasteiger partial charge in [-0.1, -0.05) is 6.92 Å². The quantitative estimate of drug-likeness (QED) is 0.860. The third-order valence-corrected chi connectivity index (χ3v) is 3.78. The number of nitrogens with zero attached hydrogens (tertiary/aromatic N) is 2. The highest BCUT2D eigenvalue weighted by atomic mass is 16.3. The molecule has 1 aromatic heterocycles. The Morgan fingerprint density at radius 3 is 2.83 bits per heavy atom. The van der Waals surface area contributed by atoms with Gasteiger partial charge in [0.05, 0.1) is 13.1 Å². The van der Waals surface area contributed by atoms with E-state index in [9.17, 15) is 0 Å². The van der Waals surface area contributed by atoms with Crippen molar-refractivity contribution in [3.8, 4) is 0 Å². The predicted octanol–water partition coefficient (Wildman–Crippen LogP) is 1.52. The lowest BCUT2D eigenvalue weighted by atomic mass is 10.1. The van der Waals surface area contributed by atoms with Crippen molar-refractivity contribution >= 4 is 0 Å². The lowest BCUT2D eigenvalue weighted by Crippen LogP contribution is -2.50. The van der Waals surface area contributed by atoms with Crippen LogP contribution in [0.25, 0.3) is 0 Å².